The number of thiophene rings is 1. The molecule has 0 bridgehead atoms. The van der Waals surface area contributed by atoms with Crippen LogP contribution in [0.25, 0.3) is 74.8 Å². The van der Waals surface area contributed by atoms with E-state index in [-0.39, 0.29) is 0 Å². The zero-order chi connectivity index (χ0) is 30.9. The summed E-state index contributed by atoms with van der Waals surface area (Å²) in [6.45, 7) is 0. The van der Waals surface area contributed by atoms with E-state index >= 15 is 0 Å². The van der Waals surface area contributed by atoms with Crippen LogP contribution in [0.15, 0.2) is 168 Å². The van der Waals surface area contributed by atoms with Gasteiger partial charge in [0.2, 0.25) is 0 Å². The summed E-state index contributed by atoms with van der Waals surface area (Å²) in [5.41, 5.74) is 7.56. The van der Waals surface area contributed by atoms with Crippen LogP contribution in [-0.4, -0.2) is 0 Å². The van der Waals surface area contributed by atoms with Crippen molar-refractivity contribution in [3.05, 3.63) is 164 Å². The van der Waals surface area contributed by atoms with E-state index in [2.05, 4.69) is 157 Å². The first-order chi connectivity index (χ1) is 23.3. The van der Waals surface area contributed by atoms with E-state index in [1.807, 2.05) is 23.5 Å². The summed E-state index contributed by atoms with van der Waals surface area (Å²) in [7, 11) is 0. The summed E-state index contributed by atoms with van der Waals surface area (Å²) >= 11 is 1.85. The van der Waals surface area contributed by atoms with Crippen LogP contribution in [0, 0.1) is 0 Å². The Hall–Kier alpha value is -5.90. The number of para-hydroxylation sites is 1. The predicted molar refractivity (Wildman–Crippen MR) is 202 cm³/mol. The van der Waals surface area contributed by atoms with Gasteiger partial charge in [-0.3, -0.25) is 0 Å². The highest BCUT2D eigenvalue weighted by Gasteiger charge is 2.18. The van der Waals surface area contributed by atoms with Crippen molar-refractivity contribution in [3.63, 3.8) is 0 Å². The minimum atomic E-state index is 0.896. The van der Waals surface area contributed by atoms with Gasteiger partial charge in [0.05, 0.1) is 0 Å². The Morgan fingerprint density at radius 1 is 0.383 bits per heavy atom. The molecular formula is C44H27NOS. The number of nitrogens with zero attached hydrogens (tertiary/aromatic N) is 1. The zero-order valence-electron chi connectivity index (χ0n) is 25.4. The lowest BCUT2D eigenvalue weighted by Gasteiger charge is -2.26. The molecule has 0 spiro atoms. The molecule has 47 heavy (non-hydrogen) atoms. The second-order valence-electron chi connectivity index (χ2n) is 12.1. The van der Waals surface area contributed by atoms with Gasteiger partial charge in [0.15, 0.2) is 0 Å². The van der Waals surface area contributed by atoms with Gasteiger partial charge in [0.1, 0.15) is 11.2 Å². The first kappa shape index (κ1) is 26.3. The Morgan fingerprint density at radius 3 is 1.83 bits per heavy atom. The van der Waals surface area contributed by atoms with Gasteiger partial charge in [0, 0.05) is 48.0 Å². The van der Waals surface area contributed by atoms with Crippen LogP contribution < -0.4 is 4.90 Å². The standard InChI is InChI=1S/C44H27NOS/c1-2-10-33-29(9-1)25-38(35-12-4-3-11-34(33)35)28-17-19-30(20-18-28)45(31-21-23-42-39(26-31)36-13-5-7-15-41(36)46-42)32-22-24-44-40(27-32)37-14-6-8-16-43(37)47-44/h1-27H. The first-order valence-electron chi connectivity index (χ1n) is 15.9. The normalized spacial score (nSPS) is 11.8. The summed E-state index contributed by atoms with van der Waals surface area (Å²) in [5, 5.41) is 9.90. The lowest BCUT2D eigenvalue weighted by atomic mass is 9.93. The van der Waals surface area contributed by atoms with E-state index < -0.39 is 0 Å². The number of hydrogen-bond acceptors (Lipinski definition) is 3. The maximum absolute atomic E-state index is 6.21. The quantitative estimate of drug-likeness (QED) is 0.183. The third-order valence-corrected chi connectivity index (χ3v) is 10.6. The van der Waals surface area contributed by atoms with Crippen molar-refractivity contribution in [2.45, 2.75) is 0 Å². The molecule has 0 radical (unpaired) electrons. The van der Waals surface area contributed by atoms with Crippen molar-refractivity contribution in [1.82, 2.24) is 0 Å². The molecule has 10 rings (SSSR count). The van der Waals surface area contributed by atoms with E-state index in [0.29, 0.717) is 0 Å². The Bertz CT molecular complexity index is 2690. The number of benzene rings is 8. The van der Waals surface area contributed by atoms with Gasteiger partial charge in [-0.1, -0.05) is 97.1 Å². The van der Waals surface area contributed by atoms with Gasteiger partial charge in [-0.25, -0.2) is 0 Å². The molecule has 0 unspecified atom stereocenters. The largest absolute Gasteiger partial charge is 0.456 e. The second-order valence-corrected chi connectivity index (χ2v) is 13.2. The molecule has 0 saturated heterocycles. The highest BCUT2D eigenvalue weighted by atomic mass is 32.1. The maximum Gasteiger partial charge on any atom is 0.135 e. The van der Waals surface area contributed by atoms with Crippen molar-refractivity contribution in [2.75, 3.05) is 4.90 Å². The van der Waals surface area contributed by atoms with Gasteiger partial charge in [0.25, 0.3) is 0 Å². The average molecular weight is 618 g/mol. The monoisotopic (exact) mass is 617 g/mol. The third-order valence-electron chi connectivity index (χ3n) is 9.44. The molecule has 0 atom stereocenters. The highest BCUT2D eigenvalue weighted by Crippen LogP contribution is 2.43. The molecule has 0 N–H and O–H groups in total. The molecule has 0 fully saturated rings. The fraction of sp³-hybridized carbons (Fsp3) is 0. The lowest BCUT2D eigenvalue weighted by Crippen LogP contribution is -2.09. The van der Waals surface area contributed by atoms with Crippen LogP contribution in [0.5, 0.6) is 0 Å². The molecule has 8 aromatic carbocycles. The number of rotatable bonds is 4. The van der Waals surface area contributed by atoms with Gasteiger partial charge in [-0.15, -0.1) is 11.3 Å². The van der Waals surface area contributed by atoms with Crippen LogP contribution in [0.4, 0.5) is 17.1 Å². The van der Waals surface area contributed by atoms with Crippen LogP contribution >= 0.6 is 11.3 Å². The zero-order valence-corrected chi connectivity index (χ0v) is 26.2. The molecule has 220 valence electrons. The lowest BCUT2D eigenvalue weighted by molar-refractivity contribution is 0.669. The van der Waals surface area contributed by atoms with E-state index in [1.165, 1.54) is 52.8 Å². The Morgan fingerprint density at radius 2 is 0.979 bits per heavy atom. The number of furan rings is 1. The summed E-state index contributed by atoms with van der Waals surface area (Å²) in [4.78, 5) is 2.37. The van der Waals surface area contributed by atoms with Crippen molar-refractivity contribution < 1.29 is 4.42 Å². The van der Waals surface area contributed by atoms with Gasteiger partial charge in [-0.2, -0.15) is 0 Å². The van der Waals surface area contributed by atoms with Crippen LogP contribution in [0.2, 0.25) is 0 Å². The molecule has 0 saturated carbocycles. The Balaban J connectivity index is 1.17. The highest BCUT2D eigenvalue weighted by molar-refractivity contribution is 7.25. The summed E-state index contributed by atoms with van der Waals surface area (Å²) < 4.78 is 8.81. The molecule has 0 aliphatic carbocycles. The third kappa shape index (κ3) is 4.17. The smallest absolute Gasteiger partial charge is 0.135 e. The van der Waals surface area contributed by atoms with Crippen molar-refractivity contribution in [3.8, 4) is 11.1 Å². The predicted octanol–water partition coefficient (Wildman–Crippen LogP) is 13.4. The Kier molecular flexibility index (Phi) is 5.78. The molecule has 2 aromatic heterocycles. The van der Waals surface area contributed by atoms with E-state index in [0.717, 1.165) is 39.0 Å². The molecular weight excluding hydrogens is 591 g/mol. The maximum atomic E-state index is 6.21. The van der Waals surface area contributed by atoms with Crippen LogP contribution in [-0.2, 0) is 0 Å². The second kappa shape index (κ2) is 10.3. The van der Waals surface area contributed by atoms with E-state index in [9.17, 15) is 0 Å². The fourth-order valence-corrected chi connectivity index (χ4v) is 8.32. The minimum Gasteiger partial charge on any atom is -0.456 e. The summed E-state index contributed by atoms with van der Waals surface area (Å²) in [6, 6.07) is 59.2. The van der Waals surface area contributed by atoms with Crippen molar-refractivity contribution >= 4 is 92.1 Å². The fourth-order valence-electron chi connectivity index (χ4n) is 7.24. The first-order valence-corrected chi connectivity index (χ1v) is 16.7. The average Bonchev–Trinajstić information content (AvgIpc) is 3.70. The molecule has 0 amide bonds. The molecule has 2 nitrogen and oxygen atoms in total. The molecule has 0 aliphatic heterocycles. The van der Waals surface area contributed by atoms with Crippen LogP contribution in [0.1, 0.15) is 0 Å². The van der Waals surface area contributed by atoms with E-state index in [1.54, 1.807) is 0 Å². The summed E-state index contributed by atoms with van der Waals surface area (Å²) in [5.74, 6) is 0. The Labute approximate surface area is 275 Å². The number of fused-ring (bicyclic) bond motifs is 9. The van der Waals surface area contributed by atoms with Crippen molar-refractivity contribution in [2.24, 2.45) is 0 Å². The molecule has 0 aliphatic rings. The van der Waals surface area contributed by atoms with Crippen LogP contribution in [0.3, 0.4) is 0 Å². The molecule has 3 heteroatoms. The van der Waals surface area contributed by atoms with Crippen molar-refractivity contribution in [1.29, 1.82) is 0 Å². The number of anilines is 3. The van der Waals surface area contributed by atoms with E-state index in [4.69, 9.17) is 4.42 Å². The topological polar surface area (TPSA) is 16.4 Å². The summed E-state index contributed by atoms with van der Waals surface area (Å²) in [6.07, 6.45) is 0. The SMILES string of the molecule is c1ccc2c(c1)cc(-c1ccc(N(c3ccc4oc5ccccc5c4c3)c3ccc4sc5ccccc5c4c3)cc1)c1ccccc12. The van der Waals surface area contributed by atoms with Gasteiger partial charge in [-0.05, 0) is 99.4 Å². The molecule has 10 aromatic rings. The molecule has 2 heterocycles. The minimum absolute atomic E-state index is 0.896. The number of hydrogen-bond donors (Lipinski definition) is 0. The van der Waals surface area contributed by atoms with Gasteiger partial charge >= 0.3 is 0 Å². The van der Waals surface area contributed by atoms with Gasteiger partial charge < -0.3 is 9.32 Å².